The van der Waals surface area contributed by atoms with Crippen LogP contribution in [0.4, 0.5) is 10.5 Å². The predicted octanol–water partition coefficient (Wildman–Crippen LogP) is 5.16. The van der Waals surface area contributed by atoms with Gasteiger partial charge in [0.25, 0.3) is 0 Å². The number of piperidine rings is 1. The molecule has 6 heteroatoms. The number of benzene rings is 1. The molecule has 1 aromatic rings. The molecule has 6 nitrogen and oxygen atoms in total. The lowest BCUT2D eigenvalue weighted by atomic mass is 9.91. The largest absolute Gasteiger partial charge is 0.493 e. The minimum atomic E-state index is -0.442. The molecule has 4 rings (SSSR count). The molecule has 1 amide bonds. The van der Waals surface area contributed by atoms with Crippen LogP contribution in [-0.4, -0.2) is 71.9 Å². The third-order valence-corrected chi connectivity index (χ3v) is 7.35. The first-order chi connectivity index (χ1) is 15.5. The first-order valence-electron chi connectivity index (χ1n) is 12.7. The van der Waals surface area contributed by atoms with Gasteiger partial charge in [-0.05, 0) is 97.4 Å². The minimum Gasteiger partial charge on any atom is -0.493 e. The molecule has 1 aromatic carbocycles. The SMILES string of the molecule is CC(C)(C)OC(=O)N1[C@@H]2CC[C@H]1CC(COc1ccc(N3CCN(C(C)(C)C)CC3)cc1)C2. The van der Waals surface area contributed by atoms with Crippen molar-refractivity contribution in [3.63, 3.8) is 0 Å². The molecule has 0 saturated carbocycles. The van der Waals surface area contributed by atoms with E-state index in [1.165, 1.54) is 5.69 Å². The fourth-order valence-electron chi connectivity index (χ4n) is 5.64. The zero-order chi connectivity index (χ0) is 23.8. The fraction of sp³-hybridized carbons (Fsp3) is 0.741. The number of ether oxygens (including phenoxy) is 2. The van der Waals surface area contributed by atoms with Crippen LogP contribution < -0.4 is 9.64 Å². The molecule has 2 bridgehead atoms. The summed E-state index contributed by atoms with van der Waals surface area (Å²) in [5.41, 5.74) is 1.08. The van der Waals surface area contributed by atoms with Crippen molar-refractivity contribution in [2.75, 3.05) is 37.7 Å². The Balaban J connectivity index is 1.25. The summed E-state index contributed by atoms with van der Waals surface area (Å²) in [5.74, 6) is 1.43. The second-order valence-corrected chi connectivity index (χ2v) is 12.1. The fourth-order valence-corrected chi connectivity index (χ4v) is 5.64. The predicted molar refractivity (Wildman–Crippen MR) is 133 cm³/mol. The number of anilines is 1. The summed E-state index contributed by atoms with van der Waals surface area (Å²) < 4.78 is 11.8. The number of hydrogen-bond donors (Lipinski definition) is 0. The second-order valence-electron chi connectivity index (χ2n) is 12.1. The number of carbonyl (C=O) groups excluding carboxylic acids is 1. The van der Waals surface area contributed by atoms with Gasteiger partial charge in [-0.3, -0.25) is 4.90 Å². The number of carbonyl (C=O) groups is 1. The number of hydrogen-bond acceptors (Lipinski definition) is 5. The average Bonchev–Trinajstić information content (AvgIpc) is 3.01. The Morgan fingerprint density at radius 1 is 0.909 bits per heavy atom. The Kier molecular flexibility index (Phi) is 6.86. The van der Waals surface area contributed by atoms with E-state index in [1.54, 1.807) is 0 Å². The van der Waals surface area contributed by atoms with Crippen molar-refractivity contribution in [2.24, 2.45) is 5.92 Å². The molecule has 33 heavy (non-hydrogen) atoms. The highest BCUT2D eigenvalue weighted by Crippen LogP contribution is 2.39. The van der Waals surface area contributed by atoms with Crippen LogP contribution in [0.5, 0.6) is 5.75 Å². The normalized spacial score (nSPS) is 26.4. The van der Waals surface area contributed by atoms with Crippen LogP contribution in [0.25, 0.3) is 0 Å². The van der Waals surface area contributed by atoms with Crippen LogP contribution in [0.2, 0.25) is 0 Å². The van der Waals surface area contributed by atoms with Crippen molar-refractivity contribution in [3.05, 3.63) is 24.3 Å². The lowest BCUT2D eigenvalue weighted by molar-refractivity contribution is -0.000963. The van der Waals surface area contributed by atoms with Crippen molar-refractivity contribution in [1.82, 2.24) is 9.80 Å². The molecule has 0 N–H and O–H groups in total. The van der Waals surface area contributed by atoms with Crippen LogP contribution in [0.15, 0.2) is 24.3 Å². The van der Waals surface area contributed by atoms with Gasteiger partial charge in [-0.25, -0.2) is 4.79 Å². The minimum absolute atomic E-state index is 0.145. The summed E-state index contributed by atoms with van der Waals surface area (Å²) in [6.07, 6.45) is 4.03. The molecule has 3 aliphatic rings. The quantitative estimate of drug-likeness (QED) is 0.625. The van der Waals surface area contributed by atoms with Crippen LogP contribution in [0.3, 0.4) is 0 Å². The molecule has 0 aromatic heterocycles. The molecular formula is C27H43N3O3. The van der Waals surface area contributed by atoms with Crippen LogP contribution in [-0.2, 0) is 4.74 Å². The van der Waals surface area contributed by atoms with Crippen molar-refractivity contribution in [1.29, 1.82) is 0 Å². The highest BCUT2D eigenvalue weighted by molar-refractivity contribution is 5.69. The van der Waals surface area contributed by atoms with Gasteiger partial charge in [-0.2, -0.15) is 0 Å². The van der Waals surface area contributed by atoms with E-state index in [0.29, 0.717) is 18.0 Å². The smallest absolute Gasteiger partial charge is 0.410 e. The van der Waals surface area contributed by atoms with E-state index in [0.717, 1.165) is 64.2 Å². The first-order valence-corrected chi connectivity index (χ1v) is 12.7. The Bertz CT molecular complexity index is 789. The van der Waals surface area contributed by atoms with E-state index in [4.69, 9.17) is 9.47 Å². The van der Waals surface area contributed by atoms with E-state index in [9.17, 15) is 4.79 Å². The third kappa shape index (κ3) is 5.95. The topological polar surface area (TPSA) is 45.2 Å². The van der Waals surface area contributed by atoms with Gasteiger partial charge < -0.3 is 19.3 Å². The Labute approximate surface area is 200 Å². The van der Waals surface area contributed by atoms with E-state index in [2.05, 4.69) is 54.8 Å². The van der Waals surface area contributed by atoms with Crippen molar-refractivity contribution in [3.8, 4) is 5.75 Å². The standard InChI is InChI=1S/C27H43N3O3/c1-26(2,3)29-15-13-28(14-16-29)21-9-11-24(12-10-21)32-19-20-17-22-7-8-23(18-20)30(22)25(31)33-27(4,5)6/h9-12,20,22-23H,7-8,13-19H2,1-6H3/t20?,22-,23+. The van der Waals surface area contributed by atoms with Crippen molar-refractivity contribution < 1.29 is 14.3 Å². The Morgan fingerprint density at radius 2 is 1.48 bits per heavy atom. The van der Waals surface area contributed by atoms with Crippen LogP contribution >= 0.6 is 0 Å². The number of piperazine rings is 1. The maximum atomic E-state index is 12.7. The summed E-state index contributed by atoms with van der Waals surface area (Å²) in [6.45, 7) is 17.7. The molecule has 3 heterocycles. The van der Waals surface area contributed by atoms with Crippen molar-refractivity contribution >= 4 is 11.8 Å². The number of nitrogens with zero attached hydrogens (tertiary/aromatic N) is 3. The maximum Gasteiger partial charge on any atom is 0.410 e. The zero-order valence-corrected chi connectivity index (χ0v) is 21.5. The molecule has 3 fully saturated rings. The lowest BCUT2D eigenvalue weighted by Crippen LogP contribution is -2.53. The van der Waals surface area contributed by atoms with Crippen LogP contribution in [0.1, 0.15) is 67.2 Å². The van der Waals surface area contributed by atoms with Gasteiger partial charge in [0, 0.05) is 49.5 Å². The lowest BCUT2D eigenvalue weighted by Gasteiger charge is -2.43. The number of amides is 1. The number of rotatable bonds is 4. The molecule has 3 aliphatic heterocycles. The van der Waals surface area contributed by atoms with E-state index in [-0.39, 0.29) is 11.6 Å². The molecule has 0 aliphatic carbocycles. The molecule has 184 valence electrons. The average molecular weight is 458 g/mol. The Hall–Kier alpha value is -1.95. The van der Waals surface area contributed by atoms with E-state index < -0.39 is 5.60 Å². The van der Waals surface area contributed by atoms with Gasteiger partial charge in [0.2, 0.25) is 0 Å². The van der Waals surface area contributed by atoms with Gasteiger partial charge in [0.05, 0.1) is 6.61 Å². The second kappa shape index (κ2) is 9.36. The van der Waals surface area contributed by atoms with E-state index in [1.807, 2.05) is 25.7 Å². The zero-order valence-electron chi connectivity index (χ0n) is 21.5. The third-order valence-electron chi connectivity index (χ3n) is 7.35. The van der Waals surface area contributed by atoms with Gasteiger partial charge in [0.1, 0.15) is 11.4 Å². The highest BCUT2D eigenvalue weighted by Gasteiger charge is 2.44. The van der Waals surface area contributed by atoms with Gasteiger partial charge in [-0.15, -0.1) is 0 Å². The summed E-state index contributed by atoms with van der Waals surface area (Å²) in [7, 11) is 0. The van der Waals surface area contributed by atoms with Gasteiger partial charge in [0.15, 0.2) is 0 Å². The summed E-state index contributed by atoms with van der Waals surface area (Å²) >= 11 is 0. The molecule has 1 unspecified atom stereocenters. The molecule has 3 saturated heterocycles. The summed E-state index contributed by atoms with van der Waals surface area (Å²) in [4.78, 5) is 19.7. The van der Waals surface area contributed by atoms with E-state index >= 15 is 0 Å². The molecule has 0 spiro atoms. The van der Waals surface area contributed by atoms with Gasteiger partial charge in [-0.1, -0.05) is 0 Å². The summed E-state index contributed by atoms with van der Waals surface area (Å²) in [6, 6.07) is 9.18. The molecule has 0 radical (unpaired) electrons. The maximum absolute atomic E-state index is 12.7. The van der Waals surface area contributed by atoms with Crippen molar-refractivity contribution in [2.45, 2.75) is 90.4 Å². The molecule has 3 atom stereocenters. The first kappa shape index (κ1) is 24.2. The monoisotopic (exact) mass is 457 g/mol. The van der Waals surface area contributed by atoms with Crippen LogP contribution in [0, 0.1) is 5.92 Å². The number of fused-ring (bicyclic) bond motifs is 2. The molecular weight excluding hydrogens is 414 g/mol. The van der Waals surface area contributed by atoms with Gasteiger partial charge >= 0.3 is 6.09 Å². The summed E-state index contributed by atoms with van der Waals surface area (Å²) in [5, 5.41) is 0. The highest BCUT2D eigenvalue weighted by atomic mass is 16.6. The Morgan fingerprint density at radius 3 is 2.00 bits per heavy atom.